The molecule has 166 valence electrons. The lowest BCUT2D eigenvalue weighted by Gasteiger charge is -2.06. The summed E-state index contributed by atoms with van der Waals surface area (Å²) in [4.78, 5) is 24.1. The molecule has 0 fully saturated rings. The normalized spacial score (nSPS) is 11.2. The van der Waals surface area contributed by atoms with E-state index in [9.17, 15) is 22.4 Å². The van der Waals surface area contributed by atoms with Crippen LogP contribution in [0.5, 0.6) is 0 Å². The van der Waals surface area contributed by atoms with Gasteiger partial charge in [-0.2, -0.15) is 5.10 Å². The van der Waals surface area contributed by atoms with Crippen LogP contribution in [0, 0.1) is 5.82 Å². The van der Waals surface area contributed by atoms with Gasteiger partial charge in [-0.15, -0.1) is 0 Å². The van der Waals surface area contributed by atoms with E-state index in [1.54, 1.807) is 42.5 Å². The Morgan fingerprint density at radius 1 is 1.03 bits per heavy atom. The van der Waals surface area contributed by atoms with Gasteiger partial charge < -0.3 is 5.32 Å². The van der Waals surface area contributed by atoms with Crippen molar-refractivity contribution < 1.29 is 22.4 Å². The Kier molecular flexibility index (Phi) is 5.89. The number of aldehydes is 1. The van der Waals surface area contributed by atoms with Crippen LogP contribution in [0.3, 0.4) is 0 Å². The predicted octanol–water partition coefficient (Wildman–Crippen LogP) is 4.15. The first-order valence-electron chi connectivity index (χ1n) is 9.77. The Hall–Kier alpha value is -4.11. The second-order valence-electron chi connectivity index (χ2n) is 7.31. The molecule has 1 heterocycles. The Bertz CT molecular complexity index is 1440. The summed E-state index contributed by atoms with van der Waals surface area (Å²) in [5, 5.41) is 7.18. The number of aromatic nitrogens is 2. The summed E-state index contributed by atoms with van der Waals surface area (Å²) in [6.07, 6.45) is 3.35. The van der Waals surface area contributed by atoms with Gasteiger partial charge in [0, 0.05) is 29.3 Å². The zero-order chi connectivity index (χ0) is 23.6. The SMILES string of the molecule is CS(=O)(=O)c1ccc(-c2nn(-c3ccc(C=O)cc3)cc2C(=O)Nc2cccc(F)c2)cc1. The quantitative estimate of drug-likeness (QED) is 0.433. The molecule has 1 N–H and O–H groups in total. The van der Waals surface area contributed by atoms with E-state index in [0.717, 1.165) is 12.5 Å². The molecule has 0 saturated heterocycles. The molecule has 7 nitrogen and oxygen atoms in total. The molecule has 0 saturated carbocycles. The first kappa shape index (κ1) is 22.1. The molecule has 1 aromatic heterocycles. The van der Waals surface area contributed by atoms with Gasteiger partial charge in [-0.3, -0.25) is 9.59 Å². The summed E-state index contributed by atoms with van der Waals surface area (Å²) in [6, 6.07) is 18.1. The van der Waals surface area contributed by atoms with E-state index >= 15 is 0 Å². The van der Waals surface area contributed by atoms with E-state index in [1.165, 1.54) is 41.2 Å². The zero-order valence-electron chi connectivity index (χ0n) is 17.4. The van der Waals surface area contributed by atoms with Gasteiger partial charge in [0.05, 0.1) is 16.1 Å². The van der Waals surface area contributed by atoms with Crippen molar-refractivity contribution in [3.63, 3.8) is 0 Å². The maximum Gasteiger partial charge on any atom is 0.259 e. The first-order chi connectivity index (χ1) is 15.7. The molecule has 0 atom stereocenters. The van der Waals surface area contributed by atoms with Crippen molar-refractivity contribution in [3.8, 4) is 16.9 Å². The van der Waals surface area contributed by atoms with E-state index < -0.39 is 21.6 Å². The molecule has 0 aliphatic heterocycles. The van der Waals surface area contributed by atoms with Crippen molar-refractivity contribution in [2.45, 2.75) is 4.90 Å². The lowest BCUT2D eigenvalue weighted by Crippen LogP contribution is -2.12. The highest BCUT2D eigenvalue weighted by atomic mass is 32.2. The van der Waals surface area contributed by atoms with Gasteiger partial charge in [-0.25, -0.2) is 17.5 Å². The first-order valence-corrected chi connectivity index (χ1v) is 11.7. The Morgan fingerprint density at radius 3 is 2.33 bits per heavy atom. The lowest BCUT2D eigenvalue weighted by atomic mass is 10.1. The average Bonchev–Trinajstić information content (AvgIpc) is 3.24. The summed E-state index contributed by atoms with van der Waals surface area (Å²) >= 11 is 0. The third kappa shape index (κ3) is 4.88. The molecule has 0 radical (unpaired) electrons. The van der Waals surface area contributed by atoms with Crippen molar-refractivity contribution in [2.24, 2.45) is 0 Å². The Morgan fingerprint density at radius 2 is 1.73 bits per heavy atom. The summed E-state index contributed by atoms with van der Waals surface area (Å²) in [5.41, 5.74) is 2.41. The van der Waals surface area contributed by atoms with Crippen LogP contribution in [0.1, 0.15) is 20.7 Å². The number of carbonyl (C=O) groups is 2. The molecule has 0 spiro atoms. The number of hydrogen-bond acceptors (Lipinski definition) is 5. The number of hydrogen-bond donors (Lipinski definition) is 1. The van der Waals surface area contributed by atoms with Gasteiger partial charge in [0.25, 0.3) is 5.91 Å². The zero-order valence-corrected chi connectivity index (χ0v) is 18.2. The molecule has 1 amide bonds. The van der Waals surface area contributed by atoms with E-state index in [4.69, 9.17) is 0 Å². The van der Waals surface area contributed by atoms with Gasteiger partial charge in [-0.1, -0.05) is 18.2 Å². The van der Waals surface area contributed by atoms with Crippen LogP contribution in [0.25, 0.3) is 16.9 Å². The van der Waals surface area contributed by atoms with E-state index in [-0.39, 0.29) is 16.1 Å². The fourth-order valence-corrected chi connectivity index (χ4v) is 3.85. The molecule has 4 rings (SSSR count). The minimum Gasteiger partial charge on any atom is -0.322 e. The van der Waals surface area contributed by atoms with Crippen molar-refractivity contribution >= 4 is 27.7 Å². The maximum atomic E-state index is 13.5. The average molecular weight is 463 g/mol. The highest BCUT2D eigenvalue weighted by Gasteiger charge is 2.20. The summed E-state index contributed by atoms with van der Waals surface area (Å²) < 4.78 is 38.6. The number of sulfone groups is 1. The number of carbonyl (C=O) groups excluding carboxylic acids is 2. The van der Waals surface area contributed by atoms with E-state index in [2.05, 4.69) is 10.4 Å². The number of amides is 1. The van der Waals surface area contributed by atoms with Gasteiger partial charge in [0.15, 0.2) is 9.84 Å². The summed E-state index contributed by atoms with van der Waals surface area (Å²) in [5.74, 6) is -1.01. The van der Waals surface area contributed by atoms with Gasteiger partial charge in [-0.05, 0) is 54.6 Å². The number of anilines is 1. The fourth-order valence-electron chi connectivity index (χ4n) is 3.22. The second kappa shape index (κ2) is 8.79. The van der Waals surface area contributed by atoms with Crippen molar-refractivity contribution in [2.75, 3.05) is 11.6 Å². The molecule has 4 aromatic rings. The van der Waals surface area contributed by atoms with Crippen molar-refractivity contribution in [3.05, 3.63) is 95.9 Å². The van der Waals surface area contributed by atoms with Crippen molar-refractivity contribution in [1.29, 1.82) is 0 Å². The molecule has 3 aromatic carbocycles. The number of nitrogens with zero attached hydrogens (tertiary/aromatic N) is 2. The van der Waals surface area contributed by atoms with Gasteiger partial charge >= 0.3 is 0 Å². The van der Waals surface area contributed by atoms with Crippen LogP contribution in [-0.2, 0) is 9.84 Å². The largest absolute Gasteiger partial charge is 0.322 e. The third-order valence-electron chi connectivity index (χ3n) is 4.89. The van der Waals surface area contributed by atoms with E-state index in [0.29, 0.717) is 22.5 Å². The van der Waals surface area contributed by atoms with E-state index in [1.807, 2.05) is 0 Å². The lowest BCUT2D eigenvalue weighted by molar-refractivity contribution is 0.102. The molecule has 0 unspecified atom stereocenters. The molecular weight excluding hydrogens is 445 g/mol. The highest BCUT2D eigenvalue weighted by Crippen LogP contribution is 2.26. The summed E-state index contributed by atoms with van der Waals surface area (Å²) in [6.45, 7) is 0. The highest BCUT2D eigenvalue weighted by molar-refractivity contribution is 7.90. The van der Waals surface area contributed by atoms with Crippen LogP contribution in [0.15, 0.2) is 83.9 Å². The number of nitrogens with one attached hydrogen (secondary N) is 1. The molecule has 0 aliphatic carbocycles. The molecule has 0 bridgehead atoms. The molecule has 33 heavy (non-hydrogen) atoms. The van der Waals surface area contributed by atoms with Crippen molar-refractivity contribution in [1.82, 2.24) is 9.78 Å². The van der Waals surface area contributed by atoms with Crippen LogP contribution >= 0.6 is 0 Å². The van der Waals surface area contributed by atoms with Crippen LogP contribution in [-0.4, -0.2) is 36.6 Å². The van der Waals surface area contributed by atoms with Crippen LogP contribution in [0.4, 0.5) is 10.1 Å². The Balaban J connectivity index is 1.78. The molecule has 9 heteroatoms. The van der Waals surface area contributed by atoms with Crippen LogP contribution < -0.4 is 5.32 Å². The minimum absolute atomic E-state index is 0.140. The standard InChI is InChI=1S/C24H18FN3O4S/c1-33(31,32)21-11-7-17(8-12-21)23-22(24(30)26-19-4-2-3-18(25)13-19)14-28(27-23)20-9-5-16(15-29)6-10-20/h2-15H,1H3,(H,26,30). The smallest absolute Gasteiger partial charge is 0.259 e. The fraction of sp³-hybridized carbons (Fsp3) is 0.0417. The molecule has 0 aliphatic rings. The third-order valence-corrected chi connectivity index (χ3v) is 6.02. The number of halogens is 1. The maximum absolute atomic E-state index is 13.5. The monoisotopic (exact) mass is 463 g/mol. The predicted molar refractivity (Wildman–Crippen MR) is 122 cm³/mol. The van der Waals surface area contributed by atoms with Crippen LogP contribution in [0.2, 0.25) is 0 Å². The topological polar surface area (TPSA) is 98.1 Å². The minimum atomic E-state index is -3.39. The Labute approximate surface area is 189 Å². The summed E-state index contributed by atoms with van der Waals surface area (Å²) in [7, 11) is -3.39. The molecular formula is C24H18FN3O4S. The number of benzene rings is 3. The number of rotatable bonds is 6. The second-order valence-corrected chi connectivity index (χ2v) is 9.32. The van der Waals surface area contributed by atoms with Gasteiger partial charge in [0.2, 0.25) is 0 Å². The van der Waals surface area contributed by atoms with Gasteiger partial charge in [0.1, 0.15) is 17.8 Å².